The molecule has 5 nitrogen and oxygen atoms in total. The van der Waals surface area contributed by atoms with Crippen molar-refractivity contribution in [2.45, 2.75) is 51.8 Å². The molecular formula is C14H30O5SSi. The highest BCUT2D eigenvalue weighted by molar-refractivity contribution is 8.14. The van der Waals surface area contributed by atoms with E-state index < -0.39 is 8.80 Å². The fraction of sp³-hybridized carbons (Fsp3) is 0.929. The first-order valence-corrected chi connectivity index (χ1v) is 10.5. The topological polar surface area (TPSA) is 54.0 Å². The third-order valence-electron chi connectivity index (χ3n) is 2.88. The maximum Gasteiger partial charge on any atom is 0.500 e. The summed E-state index contributed by atoms with van der Waals surface area (Å²) in [6, 6.07) is 0.744. The molecule has 0 radical (unpaired) electrons. The Morgan fingerprint density at radius 1 is 1.05 bits per heavy atom. The van der Waals surface area contributed by atoms with Gasteiger partial charge in [0.25, 0.3) is 0 Å². The van der Waals surface area contributed by atoms with E-state index in [2.05, 4.69) is 6.92 Å². The monoisotopic (exact) mass is 338 g/mol. The van der Waals surface area contributed by atoms with Gasteiger partial charge < -0.3 is 18.0 Å². The lowest BCUT2D eigenvalue weighted by Gasteiger charge is -2.29. The first-order valence-electron chi connectivity index (χ1n) is 7.67. The van der Waals surface area contributed by atoms with Crippen LogP contribution in [0.15, 0.2) is 0 Å². The highest BCUT2D eigenvalue weighted by Gasteiger charge is 2.40. The molecule has 0 aromatic rings. The Labute approximate surface area is 134 Å². The van der Waals surface area contributed by atoms with E-state index in [1.807, 2.05) is 20.8 Å². The fourth-order valence-corrected chi connectivity index (χ4v) is 5.90. The summed E-state index contributed by atoms with van der Waals surface area (Å²) in [5, 5.41) is 0.321. The molecule has 0 spiro atoms. The van der Waals surface area contributed by atoms with Gasteiger partial charge in [-0.15, -0.1) is 0 Å². The molecule has 0 aliphatic carbocycles. The van der Waals surface area contributed by atoms with Crippen LogP contribution in [-0.4, -0.2) is 52.7 Å². The molecule has 0 saturated carbocycles. The Morgan fingerprint density at radius 3 is 1.95 bits per heavy atom. The molecule has 0 aromatic heterocycles. The van der Waals surface area contributed by atoms with Crippen molar-refractivity contribution in [1.82, 2.24) is 0 Å². The first kappa shape index (κ1) is 21.1. The second-order valence-corrected chi connectivity index (χ2v) is 8.56. The number of carbonyl (C=O) groups is 1. The average Bonchev–Trinajstić information content (AvgIpc) is 2.44. The van der Waals surface area contributed by atoms with E-state index in [0.717, 1.165) is 18.9 Å². The minimum absolute atomic E-state index is 0.0702. The molecule has 1 atom stereocenters. The normalized spacial score (nSPS) is 13.4. The molecule has 0 amide bonds. The molecule has 0 saturated heterocycles. The Bertz CT molecular complexity index is 261. The van der Waals surface area contributed by atoms with Crippen molar-refractivity contribution in [3.05, 3.63) is 0 Å². The molecule has 0 fully saturated rings. The van der Waals surface area contributed by atoms with Crippen LogP contribution in [0, 0.1) is 0 Å². The third kappa shape index (κ3) is 8.95. The summed E-state index contributed by atoms with van der Waals surface area (Å²) < 4.78 is 22.4. The van der Waals surface area contributed by atoms with Gasteiger partial charge in [-0.3, -0.25) is 4.79 Å². The standard InChI is InChI=1S/C14H30O5SSi/c1-6-13(20-14(15)12-16-5)10-11-21(17-7-2,18-8-3)19-9-4/h13H,6-12H2,1-5H3. The predicted molar refractivity (Wildman–Crippen MR) is 88.6 cm³/mol. The van der Waals surface area contributed by atoms with E-state index in [4.69, 9.17) is 18.0 Å². The van der Waals surface area contributed by atoms with Gasteiger partial charge in [0.1, 0.15) is 6.61 Å². The van der Waals surface area contributed by atoms with Gasteiger partial charge >= 0.3 is 8.80 Å². The second kappa shape index (κ2) is 12.6. The lowest BCUT2D eigenvalue weighted by atomic mass is 10.3. The fourth-order valence-electron chi connectivity index (χ4n) is 2.02. The zero-order valence-electron chi connectivity index (χ0n) is 14.0. The largest absolute Gasteiger partial charge is 0.500 e. The van der Waals surface area contributed by atoms with Crippen LogP contribution in [0.4, 0.5) is 0 Å². The SMILES string of the molecule is CCO[Si](CCC(CC)SC(=O)COC)(OCC)OCC. The Hall–Kier alpha value is 0.0769. The van der Waals surface area contributed by atoms with Gasteiger partial charge in [-0.1, -0.05) is 18.7 Å². The minimum Gasteiger partial charge on any atom is -0.376 e. The minimum atomic E-state index is -2.60. The van der Waals surface area contributed by atoms with Crippen LogP contribution in [0.25, 0.3) is 0 Å². The van der Waals surface area contributed by atoms with Crippen LogP contribution >= 0.6 is 11.8 Å². The number of ether oxygens (including phenoxy) is 1. The average molecular weight is 339 g/mol. The van der Waals surface area contributed by atoms with Gasteiger partial charge in [-0.2, -0.15) is 0 Å². The van der Waals surface area contributed by atoms with E-state index in [9.17, 15) is 4.79 Å². The number of carbonyl (C=O) groups excluding carboxylic acids is 1. The van der Waals surface area contributed by atoms with Crippen LogP contribution in [-0.2, 0) is 22.8 Å². The number of methoxy groups -OCH3 is 1. The van der Waals surface area contributed by atoms with Crippen molar-refractivity contribution in [2.75, 3.05) is 33.5 Å². The molecule has 0 aliphatic heterocycles. The van der Waals surface area contributed by atoms with Crippen molar-refractivity contribution < 1.29 is 22.8 Å². The van der Waals surface area contributed by atoms with Gasteiger partial charge in [0.2, 0.25) is 5.12 Å². The molecule has 0 rings (SSSR count). The predicted octanol–water partition coefficient (Wildman–Crippen LogP) is 3.11. The molecule has 0 aromatic carbocycles. The number of hydrogen-bond donors (Lipinski definition) is 0. The van der Waals surface area contributed by atoms with Gasteiger partial charge in [-0.25, -0.2) is 0 Å². The molecule has 0 heterocycles. The second-order valence-electron chi connectivity index (χ2n) is 4.47. The Morgan fingerprint density at radius 2 is 1.57 bits per heavy atom. The molecule has 1 unspecified atom stereocenters. The highest BCUT2D eigenvalue weighted by atomic mass is 32.2. The van der Waals surface area contributed by atoms with E-state index in [1.165, 1.54) is 18.9 Å². The van der Waals surface area contributed by atoms with Crippen molar-refractivity contribution in [3.8, 4) is 0 Å². The third-order valence-corrected chi connectivity index (χ3v) is 7.25. The molecular weight excluding hydrogens is 308 g/mol. The first-order chi connectivity index (χ1) is 10.1. The van der Waals surface area contributed by atoms with Gasteiger partial charge in [0, 0.05) is 38.2 Å². The summed E-state index contributed by atoms with van der Waals surface area (Å²) in [5.74, 6) is 0. The van der Waals surface area contributed by atoms with Crippen LogP contribution in [0.1, 0.15) is 40.5 Å². The summed E-state index contributed by atoms with van der Waals surface area (Å²) in [7, 11) is -1.06. The summed E-state index contributed by atoms with van der Waals surface area (Å²) in [5.41, 5.74) is 0. The van der Waals surface area contributed by atoms with E-state index in [1.54, 1.807) is 0 Å². The summed E-state index contributed by atoms with van der Waals surface area (Å²) in [6.07, 6.45) is 1.78. The van der Waals surface area contributed by atoms with Crippen molar-refractivity contribution in [1.29, 1.82) is 0 Å². The molecule has 0 N–H and O–H groups in total. The number of hydrogen-bond acceptors (Lipinski definition) is 6. The van der Waals surface area contributed by atoms with Crippen LogP contribution in [0.2, 0.25) is 6.04 Å². The van der Waals surface area contributed by atoms with Crippen LogP contribution in [0.3, 0.4) is 0 Å². The van der Waals surface area contributed by atoms with Crippen LogP contribution < -0.4 is 0 Å². The Balaban J connectivity index is 4.56. The molecule has 0 bridgehead atoms. The summed E-state index contributed by atoms with van der Waals surface area (Å²) in [6.45, 7) is 9.85. The number of thioether (sulfide) groups is 1. The summed E-state index contributed by atoms with van der Waals surface area (Å²) >= 11 is 1.36. The zero-order chi connectivity index (χ0) is 16.1. The molecule has 7 heteroatoms. The van der Waals surface area contributed by atoms with Crippen molar-refractivity contribution in [3.63, 3.8) is 0 Å². The van der Waals surface area contributed by atoms with E-state index in [-0.39, 0.29) is 17.0 Å². The van der Waals surface area contributed by atoms with Crippen LogP contribution in [0.5, 0.6) is 0 Å². The summed E-state index contributed by atoms with van der Waals surface area (Å²) in [4.78, 5) is 11.7. The lowest BCUT2D eigenvalue weighted by molar-refractivity contribution is -0.114. The van der Waals surface area contributed by atoms with Crippen molar-refractivity contribution >= 4 is 25.7 Å². The quantitative estimate of drug-likeness (QED) is 0.481. The van der Waals surface area contributed by atoms with E-state index >= 15 is 0 Å². The smallest absolute Gasteiger partial charge is 0.376 e. The lowest BCUT2D eigenvalue weighted by Crippen LogP contribution is -2.46. The maximum atomic E-state index is 11.7. The number of rotatable bonds is 13. The van der Waals surface area contributed by atoms with Gasteiger partial charge in [-0.05, 0) is 33.6 Å². The van der Waals surface area contributed by atoms with Gasteiger partial charge in [0.05, 0.1) is 0 Å². The Kier molecular flexibility index (Phi) is 12.7. The maximum absolute atomic E-state index is 11.7. The van der Waals surface area contributed by atoms with Crippen molar-refractivity contribution in [2.24, 2.45) is 0 Å². The van der Waals surface area contributed by atoms with E-state index in [0.29, 0.717) is 19.8 Å². The molecule has 126 valence electrons. The van der Waals surface area contributed by atoms with Gasteiger partial charge in [0.15, 0.2) is 0 Å². The highest BCUT2D eigenvalue weighted by Crippen LogP contribution is 2.26. The zero-order valence-corrected chi connectivity index (χ0v) is 15.8. The molecule has 21 heavy (non-hydrogen) atoms. The molecule has 0 aliphatic rings.